The summed E-state index contributed by atoms with van der Waals surface area (Å²) in [4.78, 5) is 22.2. The summed E-state index contributed by atoms with van der Waals surface area (Å²) >= 11 is 0. The van der Waals surface area contributed by atoms with Crippen LogP contribution in [0.1, 0.15) is 57.1 Å². The molecule has 3 aromatic rings. The number of carbonyl (C=O) groups is 1. The van der Waals surface area contributed by atoms with Gasteiger partial charge in [-0.05, 0) is 54.8 Å². The molecule has 196 valence electrons. The van der Waals surface area contributed by atoms with Gasteiger partial charge >= 0.3 is 0 Å². The first-order valence-corrected chi connectivity index (χ1v) is 13.6. The lowest BCUT2D eigenvalue weighted by Crippen LogP contribution is -2.43. The highest BCUT2D eigenvalue weighted by atomic mass is 16.5. The van der Waals surface area contributed by atoms with E-state index < -0.39 is 0 Å². The van der Waals surface area contributed by atoms with Crippen molar-refractivity contribution in [3.63, 3.8) is 0 Å². The average Bonchev–Trinajstić information content (AvgIpc) is 3.53. The molecule has 0 radical (unpaired) electrons. The molecule has 1 unspecified atom stereocenters. The van der Waals surface area contributed by atoms with Crippen molar-refractivity contribution in [2.75, 3.05) is 37.6 Å². The number of fused-ring (bicyclic) bond motifs is 1. The first-order chi connectivity index (χ1) is 17.9. The Morgan fingerprint density at radius 1 is 1.11 bits per heavy atom. The third kappa shape index (κ3) is 6.21. The highest BCUT2D eigenvalue weighted by Gasteiger charge is 2.27. The molecular weight excluding hydrogens is 462 g/mol. The van der Waals surface area contributed by atoms with Gasteiger partial charge in [0.15, 0.2) is 0 Å². The second kappa shape index (κ2) is 11.1. The SMILES string of the molecule is CC(C)(C)c1ccc(-c2noc(CN3CCCC(C(=O)NCCCN4CCc5ccccc54)C3)n2)cc1. The summed E-state index contributed by atoms with van der Waals surface area (Å²) in [6.45, 7) is 11.6. The van der Waals surface area contributed by atoms with E-state index in [9.17, 15) is 4.79 Å². The Morgan fingerprint density at radius 3 is 2.73 bits per heavy atom. The molecule has 3 heterocycles. The second-order valence-electron chi connectivity index (χ2n) is 11.4. The van der Waals surface area contributed by atoms with E-state index in [1.54, 1.807) is 0 Å². The number of piperidine rings is 1. The van der Waals surface area contributed by atoms with Gasteiger partial charge < -0.3 is 14.7 Å². The summed E-state index contributed by atoms with van der Waals surface area (Å²) in [5, 5.41) is 7.38. The van der Waals surface area contributed by atoms with Crippen molar-refractivity contribution in [2.24, 2.45) is 5.92 Å². The van der Waals surface area contributed by atoms with Gasteiger partial charge in [0.05, 0.1) is 12.5 Å². The molecular formula is C30H39N5O2. The molecule has 5 rings (SSSR count). The summed E-state index contributed by atoms with van der Waals surface area (Å²) in [5.41, 5.74) is 5.12. The lowest BCUT2D eigenvalue weighted by atomic mass is 9.87. The molecule has 2 aliphatic heterocycles. The minimum atomic E-state index is 0.00796. The molecule has 1 N–H and O–H groups in total. The monoisotopic (exact) mass is 501 g/mol. The average molecular weight is 502 g/mol. The summed E-state index contributed by atoms with van der Waals surface area (Å²) < 4.78 is 5.56. The van der Waals surface area contributed by atoms with Crippen LogP contribution in [-0.4, -0.2) is 53.7 Å². The van der Waals surface area contributed by atoms with Crippen LogP contribution in [0.25, 0.3) is 11.4 Å². The first-order valence-electron chi connectivity index (χ1n) is 13.6. The highest BCUT2D eigenvalue weighted by molar-refractivity contribution is 5.79. The number of anilines is 1. The van der Waals surface area contributed by atoms with Gasteiger partial charge in [-0.25, -0.2) is 0 Å². The van der Waals surface area contributed by atoms with Crippen LogP contribution in [0.5, 0.6) is 0 Å². The third-order valence-corrected chi connectivity index (χ3v) is 7.60. The van der Waals surface area contributed by atoms with Gasteiger partial charge in [0.1, 0.15) is 0 Å². The molecule has 1 aromatic heterocycles. The van der Waals surface area contributed by atoms with Crippen LogP contribution in [-0.2, 0) is 23.2 Å². The predicted octanol–water partition coefficient (Wildman–Crippen LogP) is 4.82. The number of amides is 1. The lowest BCUT2D eigenvalue weighted by molar-refractivity contribution is -0.126. The number of para-hydroxylation sites is 1. The minimum absolute atomic E-state index is 0.00796. The zero-order valence-corrected chi connectivity index (χ0v) is 22.4. The maximum absolute atomic E-state index is 12.9. The van der Waals surface area contributed by atoms with Crippen LogP contribution < -0.4 is 10.2 Å². The van der Waals surface area contributed by atoms with Crippen molar-refractivity contribution in [2.45, 2.75) is 58.4 Å². The molecule has 2 aromatic carbocycles. The predicted molar refractivity (Wildman–Crippen MR) is 146 cm³/mol. The summed E-state index contributed by atoms with van der Waals surface area (Å²) in [6.07, 6.45) is 4.00. The van der Waals surface area contributed by atoms with E-state index in [0.717, 1.165) is 64.0 Å². The quantitative estimate of drug-likeness (QED) is 0.446. The number of benzene rings is 2. The van der Waals surface area contributed by atoms with Crippen molar-refractivity contribution in [3.05, 3.63) is 65.5 Å². The molecule has 0 saturated carbocycles. The van der Waals surface area contributed by atoms with Gasteiger partial charge in [0.25, 0.3) is 0 Å². The molecule has 1 fully saturated rings. The van der Waals surface area contributed by atoms with Crippen molar-refractivity contribution in [1.82, 2.24) is 20.4 Å². The second-order valence-corrected chi connectivity index (χ2v) is 11.4. The van der Waals surface area contributed by atoms with E-state index in [1.165, 1.54) is 16.8 Å². The fourth-order valence-electron chi connectivity index (χ4n) is 5.42. The Bertz CT molecular complexity index is 1200. The van der Waals surface area contributed by atoms with Crippen LogP contribution in [0.15, 0.2) is 53.1 Å². The van der Waals surface area contributed by atoms with Crippen LogP contribution in [0.2, 0.25) is 0 Å². The number of likely N-dealkylation sites (tertiary alicyclic amines) is 1. The maximum Gasteiger partial charge on any atom is 0.241 e. The van der Waals surface area contributed by atoms with Crippen LogP contribution in [0.4, 0.5) is 5.69 Å². The number of hydrogen-bond acceptors (Lipinski definition) is 6. The molecule has 7 nitrogen and oxygen atoms in total. The van der Waals surface area contributed by atoms with Crippen LogP contribution >= 0.6 is 0 Å². The Balaban J connectivity index is 1.07. The lowest BCUT2D eigenvalue weighted by Gasteiger charge is -2.31. The highest BCUT2D eigenvalue weighted by Crippen LogP contribution is 2.28. The van der Waals surface area contributed by atoms with E-state index >= 15 is 0 Å². The largest absolute Gasteiger partial charge is 0.371 e. The van der Waals surface area contributed by atoms with Gasteiger partial charge in [-0.3, -0.25) is 9.69 Å². The first kappa shape index (κ1) is 25.5. The summed E-state index contributed by atoms with van der Waals surface area (Å²) in [7, 11) is 0. The fraction of sp³-hybridized carbons (Fsp3) is 0.500. The van der Waals surface area contributed by atoms with Gasteiger partial charge in [-0.2, -0.15) is 4.98 Å². The van der Waals surface area contributed by atoms with Crippen LogP contribution in [0.3, 0.4) is 0 Å². The molecule has 1 atom stereocenters. The van der Waals surface area contributed by atoms with E-state index in [2.05, 4.69) is 94.6 Å². The zero-order valence-electron chi connectivity index (χ0n) is 22.4. The smallest absolute Gasteiger partial charge is 0.241 e. The standard InChI is InChI=1S/C30H39N5O2/c1-30(2,3)25-13-11-23(12-14-25)28-32-27(37-33-28)21-34-17-6-9-24(20-34)29(36)31-16-7-18-35-19-15-22-8-4-5-10-26(22)35/h4-5,8,10-14,24H,6-7,9,15-21H2,1-3H3,(H,31,36). The minimum Gasteiger partial charge on any atom is -0.371 e. The fourth-order valence-corrected chi connectivity index (χ4v) is 5.42. The molecule has 0 bridgehead atoms. The molecule has 37 heavy (non-hydrogen) atoms. The Hall–Kier alpha value is -3.19. The van der Waals surface area contributed by atoms with Crippen molar-refractivity contribution in [3.8, 4) is 11.4 Å². The summed E-state index contributed by atoms with van der Waals surface area (Å²) in [5.74, 6) is 1.38. The Kier molecular flexibility index (Phi) is 7.60. The van der Waals surface area contributed by atoms with Crippen molar-refractivity contribution in [1.29, 1.82) is 0 Å². The molecule has 0 aliphatic carbocycles. The molecule has 0 spiro atoms. The summed E-state index contributed by atoms with van der Waals surface area (Å²) in [6, 6.07) is 17.0. The number of hydrogen-bond donors (Lipinski definition) is 1. The van der Waals surface area contributed by atoms with Crippen molar-refractivity contribution < 1.29 is 9.32 Å². The number of carbonyl (C=O) groups excluding carboxylic acids is 1. The van der Waals surface area contributed by atoms with E-state index in [1.807, 2.05) is 0 Å². The number of nitrogens with one attached hydrogen (secondary N) is 1. The zero-order chi connectivity index (χ0) is 25.8. The van der Waals surface area contributed by atoms with Gasteiger partial charge in [0, 0.05) is 37.4 Å². The van der Waals surface area contributed by atoms with E-state index in [-0.39, 0.29) is 17.2 Å². The molecule has 1 amide bonds. The van der Waals surface area contributed by atoms with E-state index in [0.29, 0.717) is 18.3 Å². The number of rotatable bonds is 8. The third-order valence-electron chi connectivity index (χ3n) is 7.60. The Morgan fingerprint density at radius 2 is 1.92 bits per heavy atom. The maximum atomic E-state index is 12.9. The van der Waals surface area contributed by atoms with Gasteiger partial charge in [0.2, 0.25) is 17.6 Å². The molecule has 2 aliphatic rings. The van der Waals surface area contributed by atoms with E-state index in [4.69, 9.17) is 4.52 Å². The normalized spacial score (nSPS) is 18.1. The van der Waals surface area contributed by atoms with Gasteiger partial charge in [-0.15, -0.1) is 0 Å². The van der Waals surface area contributed by atoms with Crippen LogP contribution in [0, 0.1) is 5.92 Å². The number of aromatic nitrogens is 2. The topological polar surface area (TPSA) is 74.5 Å². The molecule has 7 heteroatoms. The number of nitrogens with zero attached hydrogens (tertiary/aromatic N) is 4. The van der Waals surface area contributed by atoms with Gasteiger partial charge in [-0.1, -0.05) is 68.4 Å². The van der Waals surface area contributed by atoms with Crippen molar-refractivity contribution >= 4 is 11.6 Å². The molecule has 1 saturated heterocycles. The Labute approximate surface area is 220 Å².